The zero-order chi connectivity index (χ0) is 11.5. The first-order chi connectivity index (χ1) is 7.65. The van der Waals surface area contributed by atoms with Gasteiger partial charge in [0, 0.05) is 11.7 Å². The fourth-order valence-corrected chi connectivity index (χ4v) is 2.29. The molecule has 0 radical (unpaired) electrons. The lowest BCUT2D eigenvalue weighted by molar-refractivity contribution is 0.182. The van der Waals surface area contributed by atoms with E-state index in [1.165, 1.54) is 11.3 Å². The number of hydrogen-bond donors (Lipinski definition) is 2. The molecule has 1 aliphatic carbocycles. The summed E-state index contributed by atoms with van der Waals surface area (Å²) in [5.41, 5.74) is 2.54. The van der Waals surface area contributed by atoms with Crippen molar-refractivity contribution in [2.24, 2.45) is 0 Å². The Morgan fingerprint density at radius 1 is 1.19 bits per heavy atom. The van der Waals surface area contributed by atoms with Gasteiger partial charge in [-0.25, -0.2) is 0 Å². The van der Waals surface area contributed by atoms with E-state index < -0.39 is 0 Å². The molecule has 2 N–H and O–H groups in total. The Kier molecular flexibility index (Phi) is 3.49. The van der Waals surface area contributed by atoms with E-state index in [1.54, 1.807) is 0 Å². The predicted molar refractivity (Wildman–Crippen MR) is 67.8 cm³/mol. The first-order valence-electron chi connectivity index (χ1n) is 6.19. The number of nitrogens with one attached hydrogen (secondary N) is 1. The summed E-state index contributed by atoms with van der Waals surface area (Å²) in [6, 6.07) is 9.08. The van der Waals surface area contributed by atoms with Crippen LogP contribution in [-0.2, 0) is 0 Å². The van der Waals surface area contributed by atoms with Crippen molar-refractivity contribution >= 4 is 5.69 Å². The van der Waals surface area contributed by atoms with E-state index in [0.29, 0.717) is 12.0 Å². The first kappa shape index (κ1) is 11.5. The summed E-state index contributed by atoms with van der Waals surface area (Å²) < 4.78 is 0. The Bertz CT molecular complexity index is 331. The Balaban J connectivity index is 1.95. The van der Waals surface area contributed by atoms with Crippen LogP contribution in [0.1, 0.15) is 44.6 Å². The predicted octanol–water partition coefficient (Wildman–Crippen LogP) is 3.14. The molecule has 88 valence electrons. The van der Waals surface area contributed by atoms with Crippen LogP contribution >= 0.6 is 0 Å². The lowest BCUT2D eigenvalue weighted by atomic mass is 10.0. The Morgan fingerprint density at radius 2 is 1.88 bits per heavy atom. The Hall–Kier alpha value is -1.02. The fourth-order valence-electron chi connectivity index (χ4n) is 2.29. The van der Waals surface area contributed by atoms with Crippen molar-refractivity contribution in [3.8, 4) is 0 Å². The second-order valence-electron chi connectivity index (χ2n) is 5.08. The van der Waals surface area contributed by atoms with Gasteiger partial charge in [-0.15, -0.1) is 0 Å². The van der Waals surface area contributed by atoms with Crippen molar-refractivity contribution in [1.82, 2.24) is 0 Å². The maximum absolute atomic E-state index is 9.45. The summed E-state index contributed by atoms with van der Waals surface area (Å²) in [4.78, 5) is 0. The minimum Gasteiger partial charge on any atom is -0.393 e. The van der Waals surface area contributed by atoms with Crippen LogP contribution in [0, 0.1) is 0 Å². The number of aliphatic hydroxyl groups excluding tert-OH is 1. The smallest absolute Gasteiger partial charge is 0.0560 e. The first-order valence-corrected chi connectivity index (χ1v) is 6.19. The van der Waals surface area contributed by atoms with Crippen molar-refractivity contribution in [2.45, 2.75) is 51.2 Å². The van der Waals surface area contributed by atoms with Crippen LogP contribution in [0.25, 0.3) is 0 Å². The van der Waals surface area contributed by atoms with E-state index >= 15 is 0 Å². The van der Waals surface area contributed by atoms with Gasteiger partial charge < -0.3 is 10.4 Å². The third-order valence-electron chi connectivity index (χ3n) is 3.35. The molecule has 1 saturated carbocycles. The molecule has 0 spiro atoms. The van der Waals surface area contributed by atoms with Gasteiger partial charge >= 0.3 is 0 Å². The lowest BCUT2D eigenvalue weighted by Crippen LogP contribution is -2.16. The van der Waals surface area contributed by atoms with Crippen molar-refractivity contribution in [1.29, 1.82) is 0 Å². The summed E-state index contributed by atoms with van der Waals surface area (Å²) in [6.07, 6.45) is 2.79. The second kappa shape index (κ2) is 4.88. The van der Waals surface area contributed by atoms with Crippen LogP contribution in [0.4, 0.5) is 5.69 Å². The highest BCUT2D eigenvalue weighted by Crippen LogP contribution is 2.24. The van der Waals surface area contributed by atoms with E-state index in [-0.39, 0.29) is 6.10 Å². The Labute approximate surface area is 97.7 Å². The topological polar surface area (TPSA) is 32.3 Å². The molecule has 0 aromatic heterocycles. The fraction of sp³-hybridized carbons (Fsp3) is 0.571. The van der Waals surface area contributed by atoms with Gasteiger partial charge in [0.15, 0.2) is 0 Å². The highest BCUT2D eigenvalue weighted by atomic mass is 16.3. The summed E-state index contributed by atoms with van der Waals surface area (Å²) in [6.45, 7) is 4.41. The zero-order valence-electron chi connectivity index (χ0n) is 10.1. The van der Waals surface area contributed by atoms with Gasteiger partial charge in [0.1, 0.15) is 0 Å². The average Bonchev–Trinajstić information content (AvgIpc) is 2.65. The molecule has 2 rings (SSSR count). The van der Waals surface area contributed by atoms with Gasteiger partial charge in [-0.1, -0.05) is 26.0 Å². The minimum atomic E-state index is -0.104. The summed E-state index contributed by atoms with van der Waals surface area (Å²) in [7, 11) is 0. The van der Waals surface area contributed by atoms with Gasteiger partial charge in [-0.2, -0.15) is 0 Å². The van der Waals surface area contributed by atoms with Crippen LogP contribution in [0.15, 0.2) is 24.3 Å². The molecule has 0 saturated heterocycles. The van der Waals surface area contributed by atoms with Crippen LogP contribution in [0.5, 0.6) is 0 Å². The third kappa shape index (κ3) is 2.76. The molecule has 0 heterocycles. The maximum Gasteiger partial charge on any atom is 0.0560 e. The molecular weight excluding hydrogens is 198 g/mol. The number of hydrogen-bond acceptors (Lipinski definition) is 2. The van der Waals surface area contributed by atoms with E-state index in [0.717, 1.165) is 19.3 Å². The molecule has 1 fully saturated rings. The third-order valence-corrected chi connectivity index (χ3v) is 3.35. The highest BCUT2D eigenvalue weighted by Gasteiger charge is 2.22. The monoisotopic (exact) mass is 219 g/mol. The molecule has 0 aliphatic heterocycles. The van der Waals surface area contributed by atoms with E-state index in [1.807, 2.05) is 0 Å². The lowest BCUT2D eigenvalue weighted by Gasteiger charge is -2.14. The molecule has 0 bridgehead atoms. The molecule has 2 heteroatoms. The number of anilines is 1. The normalized spacial score (nSPS) is 25.0. The summed E-state index contributed by atoms with van der Waals surface area (Å²) in [5, 5.41) is 12.9. The minimum absolute atomic E-state index is 0.104. The van der Waals surface area contributed by atoms with Crippen LogP contribution in [-0.4, -0.2) is 17.3 Å². The van der Waals surface area contributed by atoms with E-state index in [9.17, 15) is 5.11 Å². The van der Waals surface area contributed by atoms with Crippen molar-refractivity contribution < 1.29 is 5.11 Å². The van der Waals surface area contributed by atoms with E-state index in [4.69, 9.17) is 0 Å². The summed E-state index contributed by atoms with van der Waals surface area (Å²) in [5.74, 6) is 0.586. The van der Waals surface area contributed by atoms with Gasteiger partial charge in [0.05, 0.1) is 6.10 Å². The number of benzene rings is 1. The van der Waals surface area contributed by atoms with Crippen LogP contribution < -0.4 is 5.32 Å². The van der Waals surface area contributed by atoms with Crippen molar-refractivity contribution in [2.75, 3.05) is 5.32 Å². The number of rotatable bonds is 3. The van der Waals surface area contributed by atoms with E-state index in [2.05, 4.69) is 43.4 Å². The van der Waals surface area contributed by atoms with Gasteiger partial charge in [-0.05, 0) is 42.9 Å². The average molecular weight is 219 g/mol. The zero-order valence-corrected chi connectivity index (χ0v) is 10.1. The van der Waals surface area contributed by atoms with Gasteiger partial charge in [0.2, 0.25) is 0 Å². The van der Waals surface area contributed by atoms with Crippen molar-refractivity contribution in [3.05, 3.63) is 29.8 Å². The largest absolute Gasteiger partial charge is 0.393 e. The standard InChI is InChI=1S/C14H21NO/c1-10(2)11-3-5-12(6-4-11)15-13-7-8-14(16)9-13/h3-6,10,13-16H,7-9H2,1-2H3. The molecule has 1 aromatic rings. The molecule has 1 aliphatic rings. The SMILES string of the molecule is CC(C)c1ccc(NC2CCC(O)C2)cc1. The van der Waals surface area contributed by atoms with Gasteiger partial charge in [-0.3, -0.25) is 0 Å². The molecule has 2 atom stereocenters. The molecule has 2 unspecified atom stereocenters. The molecular formula is C14H21NO. The van der Waals surface area contributed by atoms with Crippen LogP contribution in [0.3, 0.4) is 0 Å². The van der Waals surface area contributed by atoms with Crippen LogP contribution in [0.2, 0.25) is 0 Å². The molecule has 0 amide bonds. The summed E-state index contributed by atoms with van der Waals surface area (Å²) >= 11 is 0. The molecule has 1 aromatic carbocycles. The highest BCUT2D eigenvalue weighted by molar-refractivity contribution is 5.46. The number of aliphatic hydroxyl groups is 1. The molecule has 16 heavy (non-hydrogen) atoms. The quantitative estimate of drug-likeness (QED) is 0.818. The Morgan fingerprint density at radius 3 is 2.38 bits per heavy atom. The second-order valence-corrected chi connectivity index (χ2v) is 5.08. The van der Waals surface area contributed by atoms with Gasteiger partial charge in [0.25, 0.3) is 0 Å². The van der Waals surface area contributed by atoms with Crippen molar-refractivity contribution in [3.63, 3.8) is 0 Å². The molecule has 2 nitrogen and oxygen atoms in total. The maximum atomic E-state index is 9.45.